The van der Waals surface area contributed by atoms with Crippen LogP contribution in [0.4, 0.5) is 0 Å². The van der Waals surface area contributed by atoms with Crippen molar-refractivity contribution in [2.45, 2.75) is 91.1 Å². The van der Waals surface area contributed by atoms with Crippen LogP contribution >= 0.6 is 0 Å². The standard InChI is InChI=1S/C22H36O6/c1-7-25-18(23)21(19(24)26-8-2)12-15(4)22(13-21)27-17-11-14(3)9-10-16(17)20(5,6)28-22/h14-17H,7-13H2,1-6H3/t14-,15+,16-,17-,22+/m1/s1. The van der Waals surface area contributed by atoms with Crippen LogP contribution in [0.2, 0.25) is 0 Å². The molecule has 0 aromatic rings. The lowest BCUT2D eigenvalue weighted by Crippen LogP contribution is -2.61. The minimum Gasteiger partial charge on any atom is -0.465 e. The fraction of sp³-hybridized carbons (Fsp3) is 0.909. The summed E-state index contributed by atoms with van der Waals surface area (Å²) in [6, 6.07) is 0. The van der Waals surface area contributed by atoms with Crippen LogP contribution in [0.15, 0.2) is 0 Å². The maximum absolute atomic E-state index is 12.9. The highest BCUT2D eigenvalue weighted by atomic mass is 16.7. The van der Waals surface area contributed by atoms with Crippen LogP contribution in [0.1, 0.15) is 73.6 Å². The average Bonchev–Trinajstić information content (AvgIpc) is 2.87. The highest BCUT2D eigenvalue weighted by Crippen LogP contribution is 2.58. The van der Waals surface area contributed by atoms with Crippen molar-refractivity contribution in [1.29, 1.82) is 0 Å². The van der Waals surface area contributed by atoms with Gasteiger partial charge in [-0.05, 0) is 52.9 Å². The van der Waals surface area contributed by atoms with Gasteiger partial charge in [-0.25, -0.2) is 0 Å². The van der Waals surface area contributed by atoms with Crippen molar-refractivity contribution in [2.75, 3.05) is 13.2 Å². The van der Waals surface area contributed by atoms with E-state index >= 15 is 0 Å². The van der Waals surface area contributed by atoms with Gasteiger partial charge >= 0.3 is 11.9 Å². The van der Waals surface area contributed by atoms with E-state index in [4.69, 9.17) is 18.9 Å². The van der Waals surface area contributed by atoms with Crippen LogP contribution in [0, 0.1) is 23.2 Å². The lowest BCUT2D eigenvalue weighted by molar-refractivity contribution is -0.382. The predicted octanol–water partition coefficient (Wildman–Crippen LogP) is 3.86. The minimum absolute atomic E-state index is 0.0788. The van der Waals surface area contributed by atoms with Crippen LogP contribution in [0.25, 0.3) is 0 Å². The molecule has 0 radical (unpaired) electrons. The molecule has 1 spiro atoms. The van der Waals surface area contributed by atoms with Gasteiger partial charge in [0.15, 0.2) is 11.2 Å². The SMILES string of the molecule is CCOC(=O)C1(C(=O)OCC)C[C@H](C)[C@@]2(C1)O[C@@H]1C[C@H](C)CC[C@H]1C(C)(C)O2. The second-order valence-corrected chi connectivity index (χ2v) is 9.50. The second-order valence-electron chi connectivity index (χ2n) is 9.50. The van der Waals surface area contributed by atoms with Gasteiger partial charge in [-0.1, -0.05) is 20.3 Å². The summed E-state index contributed by atoms with van der Waals surface area (Å²) in [4.78, 5) is 25.8. The summed E-state index contributed by atoms with van der Waals surface area (Å²) in [6.45, 7) is 12.4. The van der Waals surface area contributed by atoms with Gasteiger partial charge in [-0.2, -0.15) is 0 Å². The Morgan fingerprint density at radius 3 is 2.21 bits per heavy atom. The molecule has 6 nitrogen and oxygen atoms in total. The first-order valence-corrected chi connectivity index (χ1v) is 10.8. The van der Waals surface area contributed by atoms with Crippen molar-refractivity contribution in [3.63, 3.8) is 0 Å². The van der Waals surface area contributed by atoms with Crippen molar-refractivity contribution in [2.24, 2.45) is 23.2 Å². The van der Waals surface area contributed by atoms with Gasteiger partial charge in [0.1, 0.15) is 0 Å². The number of hydrogen-bond donors (Lipinski definition) is 0. The quantitative estimate of drug-likeness (QED) is 0.531. The molecule has 28 heavy (non-hydrogen) atoms. The summed E-state index contributed by atoms with van der Waals surface area (Å²) in [7, 11) is 0. The van der Waals surface area contributed by atoms with Crippen LogP contribution in [0.5, 0.6) is 0 Å². The minimum atomic E-state index is -1.37. The van der Waals surface area contributed by atoms with Gasteiger partial charge in [0, 0.05) is 18.3 Å². The summed E-state index contributed by atoms with van der Waals surface area (Å²) in [6.07, 6.45) is 3.78. The van der Waals surface area contributed by atoms with E-state index in [1.54, 1.807) is 13.8 Å². The van der Waals surface area contributed by atoms with E-state index in [1.807, 2.05) is 6.92 Å². The Bertz CT molecular complexity index is 596. The fourth-order valence-corrected chi connectivity index (χ4v) is 5.63. The van der Waals surface area contributed by atoms with E-state index < -0.39 is 23.1 Å². The van der Waals surface area contributed by atoms with Gasteiger partial charge in [-0.3, -0.25) is 9.59 Å². The zero-order chi connectivity index (χ0) is 20.7. The van der Waals surface area contributed by atoms with Crippen molar-refractivity contribution in [1.82, 2.24) is 0 Å². The lowest BCUT2D eigenvalue weighted by atomic mass is 9.71. The first kappa shape index (κ1) is 21.6. The Balaban J connectivity index is 1.95. The van der Waals surface area contributed by atoms with Gasteiger partial charge in [0.2, 0.25) is 0 Å². The smallest absolute Gasteiger partial charge is 0.323 e. The molecule has 6 heteroatoms. The summed E-state index contributed by atoms with van der Waals surface area (Å²) in [5, 5.41) is 0. The third-order valence-electron chi connectivity index (χ3n) is 7.02. The first-order chi connectivity index (χ1) is 13.1. The Hall–Kier alpha value is -1.14. The molecule has 0 aromatic carbocycles. The molecule has 2 aliphatic carbocycles. The second kappa shape index (κ2) is 7.60. The molecular formula is C22H36O6. The zero-order valence-electron chi connectivity index (χ0n) is 18.2. The molecule has 0 unspecified atom stereocenters. The molecule has 3 aliphatic rings. The average molecular weight is 397 g/mol. The van der Waals surface area contributed by atoms with Crippen molar-refractivity contribution in [3.8, 4) is 0 Å². The first-order valence-electron chi connectivity index (χ1n) is 10.8. The molecule has 1 saturated heterocycles. The molecule has 0 N–H and O–H groups in total. The summed E-state index contributed by atoms with van der Waals surface area (Å²) in [5.74, 6) is -1.23. The van der Waals surface area contributed by atoms with E-state index in [9.17, 15) is 9.59 Å². The highest BCUT2D eigenvalue weighted by molar-refractivity contribution is 6.00. The normalized spacial score (nSPS) is 38.6. The molecular weight excluding hydrogens is 360 g/mol. The molecule has 0 amide bonds. The van der Waals surface area contributed by atoms with E-state index in [2.05, 4.69) is 20.8 Å². The van der Waals surface area contributed by atoms with Crippen molar-refractivity contribution >= 4 is 11.9 Å². The molecule has 160 valence electrons. The molecule has 0 bridgehead atoms. The molecule has 2 saturated carbocycles. The Labute approximate surface area is 168 Å². The van der Waals surface area contributed by atoms with Crippen LogP contribution in [-0.4, -0.2) is 42.6 Å². The summed E-state index contributed by atoms with van der Waals surface area (Å²) >= 11 is 0. The third kappa shape index (κ3) is 3.47. The maximum atomic E-state index is 12.9. The molecule has 0 aromatic heterocycles. The molecule has 1 aliphatic heterocycles. The predicted molar refractivity (Wildman–Crippen MR) is 103 cm³/mol. The van der Waals surface area contributed by atoms with E-state index in [1.165, 1.54) is 6.42 Å². The summed E-state index contributed by atoms with van der Waals surface area (Å²) < 4.78 is 23.9. The highest BCUT2D eigenvalue weighted by Gasteiger charge is 2.67. The third-order valence-corrected chi connectivity index (χ3v) is 7.02. The van der Waals surface area contributed by atoms with E-state index in [0.29, 0.717) is 18.3 Å². The molecule has 3 rings (SSSR count). The van der Waals surface area contributed by atoms with Gasteiger partial charge in [0.25, 0.3) is 0 Å². The Kier molecular flexibility index (Phi) is 5.85. The number of hydrogen-bond acceptors (Lipinski definition) is 6. The fourth-order valence-electron chi connectivity index (χ4n) is 5.63. The van der Waals surface area contributed by atoms with E-state index in [0.717, 1.165) is 12.8 Å². The van der Waals surface area contributed by atoms with Gasteiger partial charge in [0.05, 0.1) is 24.9 Å². The summed E-state index contributed by atoms with van der Waals surface area (Å²) in [5.41, 5.74) is -1.74. The van der Waals surface area contributed by atoms with Gasteiger partial charge < -0.3 is 18.9 Å². The number of ether oxygens (including phenoxy) is 4. The zero-order valence-corrected chi connectivity index (χ0v) is 18.2. The van der Waals surface area contributed by atoms with Crippen molar-refractivity contribution < 1.29 is 28.5 Å². The van der Waals surface area contributed by atoms with Crippen molar-refractivity contribution in [3.05, 3.63) is 0 Å². The number of carbonyl (C=O) groups is 2. The molecule has 5 atom stereocenters. The monoisotopic (exact) mass is 396 g/mol. The number of esters is 2. The Morgan fingerprint density at radius 2 is 1.64 bits per heavy atom. The largest absolute Gasteiger partial charge is 0.465 e. The van der Waals surface area contributed by atoms with Gasteiger partial charge in [-0.15, -0.1) is 0 Å². The topological polar surface area (TPSA) is 71.1 Å². The number of fused-ring (bicyclic) bond motifs is 1. The van der Waals surface area contributed by atoms with Crippen LogP contribution in [0.3, 0.4) is 0 Å². The Morgan fingerprint density at radius 1 is 1.04 bits per heavy atom. The van der Waals surface area contributed by atoms with E-state index in [-0.39, 0.29) is 37.3 Å². The molecule has 1 heterocycles. The lowest BCUT2D eigenvalue weighted by Gasteiger charge is -2.55. The maximum Gasteiger partial charge on any atom is 0.323 e. The number of rotatable bonds is 4. The van der Waals surface area contributed by atoms with Crippen LogP contribution < -0.4 is 0 Å². The van der Waals surface area contributed by atoms with Crippen LogP contribution in [-0.2, 0) is 28.5 Å². The molecule has 3 fully saturated rings. The number of carbonyl (C=O) groups excluding carboxylic acids is 2.